The molecule has 0 saturated carbocycles. The Morgan fingerprint density at radius 2 is 0.731 bits per heavy atom. The van der Waals surface area contributed by atoms with E-state index in [1.54, 1.807) is 38.1 Å². The molecule has 5 aromatic rings. The van der Waals surface area contributed by atoms with Gasteiger partial charge in [0.25, 0.3) is 0 Å². The molecule has 0 radical (unpaired) electrons. The summed E-state index contributed by atoms with van der Waals surface area (Å²) in [5, 5.41) is 0. The van der Waals surface area contributed by atoms with Crippen LogP contribution in [0.25, 0.3) is 0 Å². The van der Waals surface area contributed by atoms with Crippen molar-refractivity contribution in [2.75, 3.05) is 0 Å². The van der Waals surface area contributed by atoms with Crippen LogP contribution < -0.4 is 0 Å². The molecule has 0 aliphatic rings. The Kier molecular flexibility index (Phi) is 18.3. The molecule has 0 N–H and O–H groups in total. The number of rotatable bonds is 8. The van der Waals surface area contributed by atoms with Crippen LogP contribution in [-0.4, -0.2) is 32.8 Å². The van der Waals surface area contributed by atoms with Crippen molar-refractivity contribution in [2.45, 2.75) is 41.5 Å². The number of hydrogen-bond donors (Lipinski definition) is 0. The van der Waals surface area contributed by atoms with Gasteiger partial charge in [-0.1, -0.05) is 24.3 Å². The van der Waals surface area contributed by atoms with Crippen LogP contribution in [0.4, 0.5) is 31.5 Å². The molecule has 5 rings (SSSR count). The summed E-state index contributed by atoms with van der Waals surface area (Å²) in [4.78, 5) is 28.2. The average Bonchev–Trinajstić information content (AvgIpc) is 3.13. The first-order valence-corrected chi connectivity index (χ1v) is 21.5. The van der Waals surface area contributed by atoms with Crippen LogP contribution in [0, 0.1) is 25.5 Å². The van der Waals surface area contributed by atoms with Crippen LogP contribution in [0.1, 0.15) is 61.6 Å². The van der Waals surface area contributed by atoms with Gasteiger partial charge in [0.2, 0.25) is 0 Å². The topological polar surface area (TPSA) is 75.2 Å². The fraction of sp³-hybridized carbons (Fsp3) is 0.158. The van der Waals surface area contributed by atoms with E-state index in [9.17, 15) is 8.78 Å². The van der Waals surface area contributed by atoms with Crippen molar-refractivity contribution in [3.8, 4) is 0 Å². The summed E-state index contributed by atoms with van der Waals surface area (Å²) in [7, 11) is 19.1. The van der Waals surface area contributed by atoms with E-state index in [1.165, 1.54) is 12.1 Å². The molecule has 2 heterocycles. The van der Waals surface area contributed by atoms with Crippen molar-refractivity contribution < 1.29 is 35.0 Å². The van der Waals surface area contributed by atoms with Gasteiger partial charge < -0.3 is 0 Å². The van der Waals surface area contributed by atoms with Gasteiger partial charge in [-0.3, -0.25) is 20.0 Å². The zero-order valence-electron chi connectivity index (χ0n) is 28.9. The van der Waals surface area contributed by atoms with Gasteiger partial charge in [0, 0.05) is 11.1 Å². The van der Waals surface area contributed by atoms with Gasteiger partial charge >= 0.3 is 66.7 Å². The summed E-state index contributed by atoms with van der Waals surface area (Å²) in [5.41, 5.74) is 9.38. The Labute approximate surface area is 332 Å². The molecule has 274 valence electrons. The van der Waals surface area contributed by atoms with E-state index in [2.05, 4.69) is 9.98 Å². The molecule has 3 aromatic carbocycles. The number of benzene rings is 3. The van der Waals surface area contributed by atoms with Crippen molar-refractivity contribution in [1.29, 1.82) is 0 Å². The molecule has 0 unspecified atom stereocenters. The fourth-order valence-electron chi connectivity index (χ4n) is 4.69. The zero-order valence-corrected chi connectivity index (χ0v) is 34.1. The Balaban J connectivity index is 0.00000114. The quantitative estimate of drug-likeness (QED) is 0.115. The molecule has 2 aromatic heterocycles. The number of nitrogens with zero attached hydrogens (tertiary/aromatic N) is 6. The first-order chi connectivity index (χ1) is 24.9. The second kappa shape index (κ2) is 22.0. The SMILES string of the molecule is CC(=Nc1ccc(N=C(C)c2cccc(C(C)=Nc3cccc(F)c3C)n2)cc1)c1cccc(C(C)=Nc2cccc(F)c2C)n1.[Cl][Fe][Cl].[Cl][Fe][Cl]. The van der Waals surface area contributed by atoms with Crippen molar-refractivity contribution in [2.24, 2.45) is 20.0 Å². The molecular weight excluding hydrogens is 832 g/mol. The van der Waals surface area contributed by atoms with E-state index >= 15 is 0 Å². The van der Waals surface area contributed by atoms with Gasteiger partial charge in [-0.25, -0.2) is 18.7 Å². The van der Waals surface area contributed by atoms with E-state index in [0.717, 1.165) is 34.2 Å². The summed E-state index contributed by atoms with van der Waals surface area (Å²) in [5.74, 6) is -0.573. The molecule has 0 aliphatic heterocycles. The second-order valence-corrected chi connectivity index (χ2v) is 14.6. The van der Waals surface area contributed by atoms with Crippen LogP contribution in [0.15, 0.2) is 117 Å². The first-order valence-electron chi connectivity index (χ1n) is 15.4. The molecule has 0 fully saturated rings. The maximum atomic E-state index is 14.0. The number of halogens is 6. The number of hydrogen-bond acceptors (Lipinski definition) is 6. The second-order valence-electron chi connectivity index (χ2n) is 11.0. The van der Waals surface area contributed by atoms with E-state index in [4.69, 9.17) is 60.3 Å². The fourth-order valence-corrected chi connectivity index (χ4v) is 4.69. The molecule has 0 amide bonds. The van der Waals surface area contributed by atoms with E-state index in [-0.39, 0.29) is 37.9 Å². The molecule has 0 bridgehead atoms. The first kappa shape index (κ1) is 43.1. The Morgan fingerprint density at radius 3 is 1.04 bits per heavy atom. The van der Waals surface area contributed by atoms with Gasteiger partial charge in [0.15, 0.2) is 0 Å². The maximum absolute atomic E-state index is 14.0. The minimum atomic E-state index is -0.286. The van der Waals surface area contributed by atoms with Gasteiger partial charge in [-0.2, -0.15) is 0 Å². The summed E-state index contributed by atoms with van der Waals surface area (Å²) in [6, 6.07) is 28.7. The third-order valence-corrected chi connectivity index (χ3v) is 7.48. The molecular formula is C38H34Cl4F2Fe2N6. The van der Waals surface area contributed by atoms with Gasteiger partial charge in [-0.15, -0.1) is 0 Å². The van der Waals surface area contributed by atoms with Gasteiger partial charge in [0.05, 0.1) is 68.4 Å². The number of aromatic nitrogens is 2. The normalized spacial score (nSPS) is 12.2. The third kappa shape index (κ3) is 13.0. The van der Waals surface area contributed by atoms with Crippen molar-refractivity contribution >= 4 is 86.0 Å². The number of pyridine rings is 2. The van der Waals surface area contributed by atoms with Gasteiger partial charge in [0.1, 0.15) is 11.6 Å². The molecule has 0 spiro atoms. The zero-order chi connectivity index (χ0) is 38.2. The van der Waals surface area contributed by atoms with E-state index in [0.29, 0.717) is 45.3 Å². The average molecular weight is 866 g/mol. The van der Waals surface area contributed by atoms with E-state index < -0.39 is 0 Å². The Bertz CT molecular complexity index is 1940. The minimum absolute atomic E-state index is 0.194. The summed E-state index contributed by atoms with van der Waals surface area (Å²) in [6.07, 6.45) is 0. The van der Waals surface area contributed by atoms with Crippen LogP contribution >= 0.6 is 40.4 Å². The van der Waals surface area contributed by atoms with Crippen molar-refractivity contribution in [1.82, 2.24) is 9.97 Å². The molecule has 6 nitrogen and oxygen atoms in total. The third-order valence-electron chi connectivity index (χ3n) is 7.48. The van der Waals surface area contributed by atoms with Crippen molar-refractivity contribution in [3.05, 3.63) is 143 Å². The summed E-state index contributed by atoms with van der Waals surface area (Å²) in [6.45, 7) is 11.0. The Hall–Kier alpha value is -3.30. The Morgan fingerprint density at radius 1 is 0.462 bits per heavy atom. The predicted molar refractivity (Wildman–Crippen MR) is 208 cm³/mol. The van der Waals surface area contributed by atoms with Crippen molar-refractivity contribution in [3.63, 3.8) is 0 Å². The van der Waals surface area contributed by atoms with Crippen LogP contribution in [0.5, 0.6) is 0 Å². The summed E-state index contributed by atoms with van der Waals surface area (Å²) < 4.78 is 27.9. The van der Waals surface area contributed by atoms with E-state index in [1.807, 2.05) is 88.4 Å². The van der Waals surface area contributed by atoms with Crippen LogP contribution in [0.3, 0.4) is 0 Å². The number of aliphatic imine (C=N–C) groups is 4. The summed E-state index contributed by atoms with van der Waals surface area (Å²) >= 11 is 0.389. The van der Waals surface area contributed by atoms with Gasteiger partial charge in [-0.05, 0) is 114 Å². The van der Waals surface area contributed by atoms with Crippen LogP contribution in [-0.2, 0) is 26.3 Å². The molecule has 0 aliphatic carbocycles. The molecule has 0 atom stereocenters. The monoisotopic (exact) mass is 864 g/mol. The molecule has 52 heavy (non-hydrogen) atoms. The molecule has 0 saturated heterocycles. The predicted octanol–water partition coefficient (Wildman–Crippen LogP) is 12.7. The molecule has 14 heteroatoms. The van der Waals surface area contributed by atoms with Crippen LogP contribution in [0.2, 0.25) is 0 Å². The standard InChI is InChI=1S/C38H34F2N6.4ClH.2Fe/c1-23-31(39)11-7-13-33(23)43-27(5)37-17-9-15-35(45-37)25(3)41-29-19-21-30(22-20-29)42-26(4)36-16-10-18-38(46-36)28(6)44-34-14-8-12-32(40)24(34)2;;;;;;/h7-22H,1-6H3;4*1H;;/q;;;;;2*+2/p-4.